The van der Waals surface area contributed by atoms with E-state index in [9.17, 15) is 32.4 Å². The molecule has 4 fully saturated rings. The fourth-order valence-corrected chi connectivity index (χ4v) is 8.58. The van der Waals surface area contributed by atoms with Crippen molar-refractivity contribution in [2.45, 2.75) is 109 Å². The molecule has 0 aromatic rings. The summed E-state index contributed by atoms with van der Waals surface area (Å²) in [5.74, 6) is -2.81. The molecule has 1 aliphatic heterocycles. The number of sulfonamides is 1. The molecule has 5 N–H and O–H groups in total. The lowest BCUT2D eigenvalue weighted by molar-refractivity contribution is -0.145. The number of amides is 5. The van der Waals surface area contributed by atoms with E-state index >= 15 is 0 Å². The van der Waals surface area contributed by atoms with Crippen molar-refractivity contribution < 1.29 is 32.4 Å². The molecule has 258 valence electrons. The molecule has 3 saturated carbocycles. The second-order valence-electron chi connectivity index (χ2n) is 15.6. The van der Waals surface area contributed by atoms with Gasteiger partial charge in [-0.3, -0.25) is 19.2 Å². The summed E-state index contributed by atoms with van der Waals surface area (Å²) >= 11 is 0. The first-order valence-corrected chi connectivity index (χ1v) is 17.8. The number of hydrogen-bond acceptors (Lipinski definition) is 7. The molecule has 1 unspecified atom stereocenters. The van der Waals surface area contributed by atoms with Gasteiger partial charge in [0.2, 0.25) is 27.6 Å². The minimum atomic E-state index is -3.48. The molecule has 0 aromatic heterocycles. The van der Waals surface area contributed by atoms with E-state index in [1.165, 1.54) is 16.3 Å². The maximum Gasteiger partial charge on any atom is 0.315 e. The largest absolute Gasteiger partial charge is 0.363 e. The zero-order valence-corrected chi connectivity index (χ0v) is 29.0. The number of primary amides is 1. The number of likely N-dealkylation sites (N-methyl/N-ethyl adjacent to an activating group) is 1. The fourth-order valence-electron chi connectivity index (χ4n) is 6.99. The Morgan fingerprint density at radius 1 is 1.02 bits per heavy atom. The number of hydrogen-bond donors (Lipinski definition) is 4. The van der Waals surface area contributed by atoms with E-state index < -0.39 is 74.4 Å². The van der Waals surface area contributed by atoms with Crippen LogP contribution >= 0.6 is 0 Å². The van der Waals surface area contributed by atoms with E-state index in [1.807, 2.05) is 13.8 Å². The summed E-state index contributed by atoms with van der Waals surface area (Å²) in [6.45, 7) is 15.4. The third kappa shape index (κ3) is 7.42. The van der Waals surface area contributed by atoms with E-state index in [0.717, 1.165) is 19.3 Å². The van der Waals surface area contributed by atoms with Crippen molar-refractivity contribution in [3.8, 4) is 0 Å². The maximum absolute atomic E-state index is 14.2. The molecule has 13 nitrogen and oxygen atoms in total. The zero-order valence-electron chi connectivity index (χ0n) is 28.2. The highest BCUT2D eigenvalue weighted by atomic mass is 32.2. The lowest BCUT2D eigenvalue weighted by atomic mass is 9.80. The number of piperidine rings is 1. The Labute approximate surface area is 272 Å². The number of rotatable bonds is 14. The van der Waals surface area contributed by atoms with Gasteiger partial charge in [0.25, 0.3) is 5.91 Å². The van der Waals surface area contributed by atoms with E-state index in [0.29, 0.717) is 31.4 Å². The lowest BCUT2D eigenvalue weighted by Crippen LogP contribution is -2.62. The Kier molecular flexibility index (Phi) is 10.0. The van der Waals surface area contributed by atoms with E-state index in [-0.39, 0.29) is 29.7 Å². The SMILES string of the molecule is C=C(C)[C@@H](CN(C)S(=O)(=O)C1CC1)NC(=O)N[C@H](C(=O)N1C[C@H]2[C@@H]([C@H]1C(=O)NC(CC1CCC1)C(=O)C(N)=O)C2(C)C)C(C)(C)C. The predicted molar refractivity (Wildman–Crippen MR) is 172 cm³/mol. The highest BCUT2D eigenvalue weighted by Crippen LogP contribution is 2.65. The van der Waals surface area contributed by atoms with Gasteiger partial charge in [-0.2, -0.15) is 0 Å². The lowest BCUT2D eigenvalue weighted by Gasteiger charge is -2.38. The first-order valence-electron chi connectivity index (χ1n) is 16.3. The van der Waals surface area contributed by atoms with Gasteiger partial charge in [0.05, 0.1) is 17.3 Å². The van der Waals surface area contributed by atoms with Crippen LogP contribution < -0.4 is 21.7 Å². The number of urea groups is 1. The molecular formula is C32H52N6O7S. The quantitative estimate of drug-likeness (QED) is 0.159. The van der Waals surface area contributed by atoms with Crippen molar-refractivity contribution in [3.05, 3.63) is 12.2 Å². The molecule has 4 rings (SSSR count). The third-order valence-electron chi connectivity index (χ3n) is 10.5. The van der Waals surface area contributed by atoms with Gasteiger partial charge in [0.1, 0.15) is 12.1 Å². The number of nitrogens with one attached hydrogen (secondary N) is 3. The summed E-state index contributed by atoms with van der Waals surface area (Å²) in [5.41, 5.74) is 4.89. The highest BCUT2D eigenvalue weighted by molar-refractivity contribution is 7.90. The summed E-state index contributed by atoms with van der Waals surface area (Å²) in [6.07, 6.45) is 4.39. The Bertz CT molecular complexity index is 1380. The van der Waals surface area contributed by atoms with Gasteiger partial charge < -0.3 is 26.6 Å². The molecule has 46 heavy (non-hydrogen) atoms. The van der Waals surface area contributed by atoms with Crippen LogP contribution in [0.1, 0.15) is 80.1 Å². The normalized spacial score (nSPS) is 25.8. The first kappa shape index (κ1) is 35.8. The second-order valence-corrected chi connectivity index (χ2v) is 17.9. The van der Waals surface area contributed by atoms with Crippen LogP contribution in [0.3, 0.4) is 0 Å². The summed E-state index contributed by atoms with van der Waals surface area (Å²) in [6, 6.07) is -4.37. The van der Waals surface area contributed by atoms with Crippen LogP contribution in [-0.2, 0) is 29.2 Å². The van der Waals surface area contributed by atoms with Crippen LogP contribution in [0.5, 0.6) is 0 Å². The predicted octanol–water partition coefficient (Wildman–Crippen LogP) is 1.28. The summed E-state index contributed by atoms with van der Waals surface area (Å²) < 4.78 is 26.6. The van der Waals surface area contributed by atoms with Gasteiger partial charge in [0, 0.05) is 20.1 Å². The number of likely N-dealkylation sites (tertiary alicyclic amines) is 1. The number of ketones is 1. The van der Waals surface area contributed by atoms with Gasteiger partial charge in [0.15, 0.2) is 0 Å². The van der Waals surface area contributed by atoms with E-state index in [2.05, 4.69) is 22.5 Å². The van der Waals surface area contributed by atoms with Crippen molar-refractivity contribution >= 4 is 39.6 Å². The van der Waals surface area contributed by atoms with Crippen molar-refractivity contribution in [2.24, 2.45) is 34.3 Å². The maximum atomic E-state index is 14.2. The number of nitrogens with zero attached hydrogens (tertiary/aromatic N) is 2. The molecule has 6 atom stereocenters. The van der Waals surface area contributed by atoms with Gasteiger partial charge in [-0.1, -0.05) is 66.0 Å². The smallest absolute Gasteiger partial charge is 0.315 e. The summed E-state index contributed by atoms with van der Waals surface area (Å²) in [5, 5.41) is 7.95. The summed E-state index contributed by atoms with van der Waals surface area (Å²) in [4.78, 5) is 67.5. The topological polar surface area (TPSA) is 188 Å². The molecule has 1 heterocycles. The Hall–Kier alpha value is -3.00. The zero-order chi connectivity index (χ0) is 34.5. The average molecular weight is 665 g/mol. The standard InChI is InChI=1S/C32H52N6O7S/c1-17(2)22(16-37(8)46(44,45)19-12-13-19)35-30(43)36-26(31(3,4)5)29(42)38-15-20-23(32(20,6)7)24(38)28(41)34-21(25(39)27(33)40)14-18-10-9-11-18/h18-24,26H,1,9-16H2,2-8H3,(H2,33,40)(H,34,41)(H2,35,36,43)/t20-,21?,22+,23-,24-,26+/m0/s1. The number of fused-ring (bicyclic) bond motifs is 1. The minimum absolute atomic E-state index is 0.00538. The number of carbonyl (C=O) groups is 5. The first-order chi connectivity index (χ1) is 21.2. The van der Waals surface area contributed by atoms with Crippen molar-refractivity contribution in [2.75, 3.05) is 20.1 Å². The van der Waals surface area contributed by atoms with Crippen LogP contribution in [-0.4, -0.2) is 96.7 Å². The monoisotopic (exact) mass is 664 g/mol. The van der Waals surface area contributed by atoms with Crippen LogP contribution in [0.2, 0.25) is 0 Å². The molecule has 14 heteroatoms. The second kappa shape index (κ2) is 12.9. The molecule has 0 spiro atoms. The number of carbonyl (C=O) groups excluding carboxylic acids is 5. The van der Waals surface area contributed by atoms with Gasteiger partial charge >= 0.3 is 6.03 Å². The Morgan fingerprint density at radius 3 is 2.11 bits per heavy atom. The highest BCUT2D eigenvalue weighted by Gasteiger charge is 2.70. The van der Waals surface area contributed by atoms with Crippen molar-refractivity contribution in [1.29, 1.82) is 0 Å². The van der Waals surface area contributed by atoms with Gasteiger partial charge in [-0.15, -0.1) is 0 Å². The molecule has 1 saturated heterocycles. The molecule has 0 aromatic carbocycles. The molecule has 4 aliphatic rings. The van der Waals surface area contributed by atoms with Crippen molar-refractivity contribution in [1.82, 2.24) is 25.2 Å². The van der Waals surface area contributed by atoms with Crippen LogP contribution in [0, 0.1) is 28.6 Å². The molecular weight excluding hydrogens is 612 g/mol. The van der Waals surface area contributed by atoms with Crippen LogP contribution in [0.25, 0.3) is 0 Å². The Morgan fingerprint density at radius 2 is 1.63 bits per heavy atom. The average Bonchev–Trinajstić information content (AvgIpc) is 3.80. The minimum Gasteiger partial charge on any atom is -0.363 e. The number of Topliss-reactive ketones (excluding diaryl/α,β-unsaturated/α-hetero) is 1. The molecule has 0 radical (unpaired) electrons. The number of nitrogens with two attached hydrogens (primary N) is 1. The molecule has 5 amide bonds. The van der Waals surface area contributed by atoms with Crippen LogP contribution in [0.15, 0.2) is 12.2 Å². The summed E-state index contributed by atoms with van der Waals surface area (Å²) in [7, 11) is -2.00. The Balaban J connectivity index is 1.50. The fraction of sp³-hybridized carbons (Fsp3) is 0.781. The van der Waals surface area contributed by atoms with Crippen LogP contribution in [0.4, 0.5) is 4.79 Å². The third-order valence-corrected chi connectivity index (χ3v) is 12.9. The van der Waals surface area contributed by atoms with Gasteiger partial charge in [-0.05, 0) is 54.8 Å². The van der Waals surface area contributed by atoms with Gasteiger partial charge in [-0.25, -0.2) is 17.5 Å². The van der Waals surface area contributed by atoms with E-state index in [4.69, 9.17) is 5.73 Å². The molecule has 0 bridgehead atoms. The molecule has 3 aliphatic carbocycles. The van der Waals surface area contributed by atoms with Crippen molar-refractivity contribution in [3.63, 3.8) is 0 Å². The van der Waals surface area contributed by atoms with E-state index in [1.54, 1.807) is 27.7 Å².